The number of hydrogen-bond donors (Lipinski definition) is 6. The van der Waals surface area contributed by atoms with Gasteiger partial charge in [-0.25, -0.2) is 4.79 Å². The molecular formula is C25H26N6O3. The van der Waals surface area contributed by atoms with Gasteiger partial charge in [-0.15, -0.1) is 0 Å². The normalized spacial score (nSPS) is 11.1. The number of carbonyl (C=O) groups excluding carboxylic acids is 3. The fourth-order valence-corrected chi connectivity index (χ4v) is 3.09. The summed E-state index contributed by atoms with van der Waals surface area (Å²) in [5.41, 5.74) is 8.48. The molecule has 0 saturated heterocycles. The lowest BCUT2D eigenvalue weighted by molar-refractivity contribution is -0.120. The SMILES string of the molecule is CC(NC(=O)CNC(=O)Nc1ccc(C(=N)N)cc1)c1ccc(C(=O)Nc2ccccc2)cc1. The van der Waals surface area contributed by atoms with E-state index in [-0.39, 0.29) is 30.2 Å². The van der Waals surface area contributed by atoms with Crippen molar-refractivity contribution in [2.75, 3.05) is 17.2 Å². The van der Waals surface area contributed by atoms with Crippen LogP contribution in [0.3, 0.4) is 0 Å². The number of nitrogens with two attached hydrogens (primary N) is 1. The fraction of sp³-hybridized carbons (Fsp3) is 0.120. The lowest BCUT2D eigenvalue weighted by atomic mass is 10.1. The maximum Gasteiger partial charge on any atom is 0.319 e. The third-order valence-electron chi connectivity index (χ3n) is 4.95. The highest BCUT2D eigenvalue weighted by Crippen LogP contribution is 2.15. The molecule has 34 heavy (non-hydrogen) atoms. The number of para-hydroxylation sites is 1. The second-order valence-electron chi connectivity index (χ2n) is 7.53. The predicted octanol–water partition coefficient (Wildman–Crippen LogP) is 3.22. The highest BCUT2D eigenvalue weighted by Gasteiger charge is 2.12. The molecule has 0 fully saturated rings. The first-order valence-corrected chi connectivity index (χ1v) is 10.6. The predicted molar refractivity (Wildman–Crippen MR) is 132 cm³/mol. The van der Waals surface area contributed by atoms with E-state index in [1.54, 1.807) is 48.5 Å². The van der Waals surface area contributed by atoms with Gasteiger partial charge in [-0.2, -0.15) is 0 Å². The number of hydrogen-bond acceptors (Lipinski definition) is 4. The number of carbonyl (C=O) groups is 3. The van der Waals surface area contributed by atoms with E-state index in [2.05, 4.69) is 21.3 Å². The van der Waals surface area contributed by atoms with Crippen LogP contribution in [-0.4, -0.2) is 30.2 Å². The summed E-state index contributed by atoms with van der Waals surface area (Å²) >= 11 is 0. The van der Waals surface area contributed by atoms with E-state index in [1.165, 1.54) is 0 Å². The van der Waals surface area contributed by atoms with Gasteiger partial charge in [0.2, 0.25) is 5.91 Å². The number of rotatable bonds is 8. The van der Waals surface area contributed by atoms with Gasteiger partial charge in [-0.3, -0.25) is 15.0 Å². The summed E-state index contributed by atoms with van der Waals surface area (Å²) in [6.07, 6.45) is 0. The molecule has 0 radical (unpaired) electrons. The average Bonchev–Trinajstić information content (AvgIpc) is 2.84. The molecule has 4 amide bonds. The largest absolute Gasteiger partial charge is 0.384 e. The molecule has 174 valence electrons. The van der Waals surface area contributed by atoms with E-state index in [0.29, 0.717) is 22.5 Å². The van der Waals surface area contributed by atoms with Crippen LogP contribution in [0.15, 0.2) is 78.9 Å². The minimum Gasteiger partial charge on any atom is -0.384 e. The Bertz CT molecular complexity index is 1160. The minimum absolute atomic E-state index is 0.0631. The lowest BCUT2D eigenvalue weighted by Crippen LogP contribution is -2.39. The molecule has 9 nitrogen and oxygen atoms in total. The lowest BCUT2D eigenvalue weighted by Gasteiger charge is -2.15. The van der Waals surface area contributed by atoms with Gasteiger partial charge in [0, 0.05) is 22.5 Å². The van der Waals surface area contributed by atoms with Crippen molar-refractivity contribution in [2.45, 2.75) is 13.0 Å². The fourth-order valence-electron chi connectivity index (χ4n) is 3.09. The van der Waals surface area contributed by atoms with E-state index in [9.17, 15) is 14.4 Å². The molecule has 1 atom stereocenters. The highest BCUT2D eigenvalue weighted by molar-refractivity contribution is 6.04. The molecule has 0 heterocycles. The molecule has 0 saturated carbocycles. The molecule has 7 N–H and O–H groups in total. The van der Waals surface area contributed by atoms with Crippen molar-refractivity contribution in [2.24, 2.45) is 5.73 Å². The standard InChI is InChI=1S/C25H26N6O3/c1-16(17-7-9-19(10-8-17)24(33)30-20-5-3-2-4-6-20)29-22(32)15-28-25(34)31-21-13-11-18(12-14-21)23(26)27/h2-14,16H,15H2,1H3,(H3,26,27)(H,29,32)(H,30,33)(H2,28,31,34). The zero-order chi connectivity index (χ0) is 24.5. The third-order valence-corrected chi connectivity index (χ3v) is 4.95. The van der Waals surface area contributed by atoms with Crippen LogP contribution in [0.1, 0.15) is 34.5 Å². The van der Waals surface area contributed by atoms with Crippen LogP contribution in [-0.2, 0) is 4.79 Å². The van der Waals surface area contributed by atoms with Gasteiger partial charge in [0.05, 0.1) is 12.6 Å². The zero-order valence-electron chi connectivity index (χ0n) is 18.6. The van der Waals surface area contributed by atoms with Gasteiger partial charge in [-0.05, 0) is 61.0 Å². The summed E-state index contributed by atoms with van der Waals surface area (Å²) in [7, 11) is 0. The van der Waals surface area contributed by atoms with Gasteiger partial charge < -0.3 is 27.0 Å². The second kappa shape index (κ2) is 11.3. The van der Waals surface area contributed by atoms with E-state index < -0.39 is 6.03 Å². The van der Waals surface area contributed by atoms with Crippen molar-refractivity contribution in [1.82, 2.24) is 10.6 Å². The summed E-state index contributed by atoms with van der Waals surface area (Å²) in [5, 5.41) is 18.1. The first kappa shape index (κ1) is 24.0. The van der Waals surface area contributed by atoms with Crippen LogP contribution in [0.4, 0.5) is 16.2 Å². The molecule has 0 bridgehead atoms. The van der Waals surface area contributed by atoms with Crippen molar-refractivity contribution in [3.05, 3.63) is 95.6 Å². The van der Waals surface area contributed by atoms with Crippen molar-refractivity contribution in [1.29, 1.82) is 5.41 Å². The molecule has 0 aromatic heterocycles. The molecule has 9 heteroatoms. The molecular weight excluding hydrogens is 432 g/mol. The van der Waals surface area contributed by atoms with E-state index in [1.807, 2.05) is 37.3 Å². The van der Waals surface area contributed by atoms with E-state index in [4.69, 9.17) is 11.1 Å². The number of nitrogens with one attached hydrogen (secondary N) is 5. The molecule has 0 aliphatic carbocycles. The van der Waals surface area contributed by atoms with Crippen molar-refractivity contribution < 1.29 is 14.4 Å². The minimum atomic E-state index is -0.535. The Hall–Kier alpha value is -4.66. The molecule has 1 unspecified atom stereocenters. The summed E-state index contributed by atoms with van der Waals surface area (Å²) in [4.78, 5) is 36.6. The number of amidine groups is 1. The van der Waals surface area contributed by atoms with Gasteiger partial charge in [0.1, 0.15) is 5.84 Å². The van der Waals surface area contributed by atoms with E-state index >= 15 is 0 Å². The molecule has 0 aliphatic heterocycles. The summed E-state index contributed by atoms with van der Waals surface area (Å²) in [6.45, 7) is 1.60. The first-order valence-electron chi connectivity index (χ1n) is 10.6. The van der Waals surface area contributed by atoms with Crippen molar-refractivity contribution >= 4 is 35.1 Å². The number of anilines is 2. The van der Waals surface area contributed by atoms with Crippen LogP contribution < -0.4 is 27.0 Å². The smallest absolute Gasteiger partial charge is 0.319 e. The topological polar surface area (TPSA) is 149 Å². The Morgan fingerprint density at radius 3 is 2.03 bits per heavy atom. The summed E-state index contributed by atoms with van der Waals surface area (Å²) in [6, 6.07) is 21.7. The van der Waals surface area contributed by atoms with Crippen LogP contribution in [0, 0.1) is 5.41 Å². The van der Waals surface area contributed by atoms with Crippen LogP contribution in [0.25, 0.3) is 0 Å². The zero-order valence-corrected chi connectivity index (χ0v) is 18.6. The number of benzene rings is 3. The number of nitrogen functional groups attached to an aromatic ring is 1. The van der Waals surface area contributed by atoms with Crippen molar-refractivity contribution in [3.8, 4) is 0 Å². The Morgan fingerprint density at radius 2 is 1.41 bits per heavy atom. The van der Waals surface area contributed by atoms with E-state index in [0.717, 1.165) is 5.56 Å². The maximum atomic E-state index is 12.4. The number of urea groups is 1. The van der Waals surface area contributed by atoms with Gasteiger partial charge in [-0.1, -0.05) is 30.3 Å². The first-order chi connectivity index (χ1) is 16.3. The molecule has 3 rings (SSSR count). The Labute approximate surface area is 197 Å². The van der Waals surface area contributed by atoms with Gasteiger partial charge >= 0.3 is 6.03 Å². The third kappa shape index (κ3) is 6.92. The Kier molecular flexibility index (Phi) is 7.96. The van der Waals surface area contributed by atoms with Gasteiger partial charge in [0.25, 0.3) is 5.91 Å². The number of amides is 4. The van der Waals surface area contributed by atoms with Crippen LogP contribution >= 0.6 is 0 Å². The Balaban J connectivity index is 1.45. The molecule has 0 spiro atoms. The summed E-state index contributed by atoms with van der Waals surface area (Å²) < 4.78 is 0. The monoisotopic (exact) mass is 458 g/mol. The molecule has 0 aliphatic rings. The van der Waals surface area contributed by atoms with Crippen molar-refractivity contribution in [3.63, 3.8) is 0 Å². The van der Waals surface area contributed by atoms with Crippen LogP contribution in [0.5, 0.6) is 0 Å². The van der Waals surface area contributed by atoms with Gasteiger partial charge in [0.15, 0.2) is 0 Å². The average molecular weight is 459 g/mol. The highest BCUT2D eigenvalue weighted by atomic mass is 16.2. The summed E-state index contributed by atoms with van der Waals surface area (Å²) in [5.74, 6) is -0.645. The maximum absolute atomic E-state index is 12.4. The Morgan fingerprint density at radius 1 is 0.824 bits per heavy atom. The quantitative estimate of drug-likeness (QED) is 0.227. The molecule has 3 aromatic rings. The molecule has 3 aromatic carbocycles. The van der Waals surface area contributed by atoms with Crippen LogP contribution in [0.2, 0.25) is 0 Å². The second-order valence-corrected chi connectivity index (χ2v) is 7.53.